The summed E-state index contributed by atoms with van der Waals surface area (Å²) in [5, 5.41) is 12.0. The lowest BCUT2D eigenvalue weighted by molar-refractivity contribution is 0.102. The number of nitrogens with one attached hydrogen (secondary N) is 1. The lowest BCUT2D eigenvalue weighted by Crippen LogP contribution is -2.17. The van der Waals surface area contributed by atoms with Crippen LogP contribution in [0.5, 0.6) is 0 Å². The molecule has 0 radical (unpaired) electrons. The number of rotatable bonds is 3. The Kier molecular flexibility index (Phi) is 4.09. The molecule has 3 nitrogen and oxygen atoms in total. The molecule has 0 aromatic heterocycles. The average molecular weight is 278 g/mol. The van der Waals surface area contributed by atoms with E-state index in [9.17, 15) is 10.1 Å². The summed E-state index contributed by atoms with van der Waals surface area (Å²) in [4.78, 5) is 12.3. The molecule has 0 fully saturated rings. The second-order valence-corrected chi connectivity index (χ2v) is 5.64. The first-order chi connectivity index (χ1) is 9.92. The van der Waals surface area contributed by atoms with E-state index in [1.54, 1.807) is 18.2 Å². The van der Waals surface area contributed by atoms with Crippen LogP contribution in [0.2, 0.25) is 0 Å². The molecule has 106 valence electrons. The normalized spacial score (nSPS) is 10.8. The molecule has 1 amide bonds. The van der Waals surface area contributed by atoms with E-state index in [0.717, 1.165) is 16.8 Å². The lowest BCUT2D eigenvalue weighted by Gasteiger charge is -2.16. The van der Waals surface area contributed by atoms with E-state index in [0.29, 0.717) is 5.56 Å². The van der Waals surface area contributed by atoms with Crippen LogP contribution in [-0.2, 0) is 5.41 Å². The van der Waals surface area contributed by atoms with Gasteiger partial charge in [-0.25, -0.2) is 0 Å². The molecule has 1 N–H and O–H groups in total. The van der Waals surface area contributed by atoms with Gasteiger partial charge >= 0.3 is 0 Å². The van der Waals surface area contributed by atoms with E-state index >= 15 is 0 Å². The highest BCUT2D eigenvalue weighted by Crippen LogP contribution is 2.23. The quantitative estimate of drug-likeness (QED) is 0.920. The third-order valence-electron chi connectivity index (χ3n) is 3.44. The van der Waals surface area contributed by atoms with Crippen molar-refractivity contribution in [3.05, 3.63) is 65.2 Å². The van der Waals surface area contributed by atoms with Gasteiger partial charge in [0.2, 0.25) is 0 Å². The topological polar surface area (TPSA) is 52.9 Å². The Balaban J connectivity index is 2.22. The zero-order chi connectivity index (χ0) is 15.5. The maximum atomic E-state index is 12.3. The number of benzene rings is 2. The summed E-state index contributed by atoms with van der Waals surface area (Å²) in [6, 6.07) is 17.1. The van der Waals surface area contributed by atoms with Crippen molar-refractivity contribution in [3.63, 3.8) is 0 Å². The molecule has 2 aromatic rings. The summed E-state index contributed by atoms with van der Waals surface area (Å²) in [6.45, 7) is 5.67. The highest BCUT2D eigenvalue weighted by atomic mass is 16.1. The zero-order valence-electron chi connectivity index (χ0n) is 12.5. The van der Waals surface area contributed by atoms with Crippen molar-refractivity contribution in [2.75, 3.05) is 5.32 Å². The average Bonchev–Trinajstić information content (AvgIpc) is 2.49. The first-order valence-electron chi connectivity index (χ1n) is 6.82. The molecule has 0 saturated heterocycles. The lowest BCUT2D eigenvalue weighted by atomic mass is 9.85. The molecule has 0 heterocycles. The fraction of sp³-hybridized carbons (Fsp3) is 0.222. The summed E-state index contributed by atoms with van der Waals surface area (Å²) >= 11 is 0. The largest absolute Gasteiger partial charge is 0.322 e. The van der Waals surface area contributed by atoms with Crippen molar-refractivity contribution in [2.45, 2.75) is 26.2 Å². The maximum Gasteiger partial charge on any atom is 0.255 e. The van der Waals surface area contributed by atoms with Crippen LogP contribution in [-0.4, -0.2) is 5.91 Å². The Morgan fingerprint density at radius 2 is 1.81 bits per heavy atom. The van der Waals surface area contributed by atoms with Gasteiger partial charge in [-0.15, -0.1) is 0 Å². The van der Waals surface area contributed by atoms with Crippen molar-refractivity contribution in [3.8, 4) is 6.07 Å². The van der Waals surface area contributed by atoms with E-state index in [1.807, 2.05) is 51.1 Å². The molecule has 0 aliphatic carbocycles. The molecule has 2 rings (SSSR count). The van der Waals surface area contributed by atoms with Crippen LogP contribution in [0, 0.1) is 18.3 Å². The van der Waals surface area contributed by atoms with Gasteiger partial charge in [-0.1, -0.05) is 29.8 Å². The summed E-state index contributed by atoms with van der Waals surface area (Å²) in [5.74, 6) is -0.172. The van der Waals surface area contributed by atoms with Crippen LogP contribution in [0.25, 0.3) is 0 Å². The molecule has 0 unspecified atom stereocenters. The fourth-order valence-electron chi connectivity index (χ4n) is 1.95. The smallest absolute Gasteiger partial charge is 0.255 e. The Labute approximate surface area is 125 Å². The molecule has 0 spiro atoms. The molecule has 0 bridgehead atoms. The summed E-state index contributed by atoms with van der Waals surface area (Å²) in [6.07, 6.45) is 0. The summed E-state index contributed by atoms with van der Waals surface area (Å²) < 4.78 is 0. The van der Waals surface area contributed by atoms with Gasteiger partial charge in [0.15, 0.2) is 0 Å². The SMILES string of the molecule is Cc1ccc(NC(=O)c2cccc(C(C)(C)C#N)c2)cc1. The van der Waals surface area contributed by atoms with Gasteiger partial charge in [0.05, 0.1) is 11.5 Å². The van der Waals surface area contributed by atoms with Crippen LogP contribution in [0.15, 0.2) is 48.5 Å². The number of hydrogen-bond donors (Lipinski definition) is 1. The predicted molar refractivity (Wildman–Crippen MR) is 84.2 cm³/mol. The molecule has 2 aromatic carbocycles. The van der Waals surface area contributed by atoms with Gasteiger partial charge < -0.3 is 5.32 Å². The molecule has 3 heteroatoms. The van der Waals surface area contributed by atoms with Crippen LogP contribution >= 0.6 is 0 Å². The van der Waals surface area contributed by atoms with Gasteiger partial charge in [-0.2, -0.15) is 5.26 Å². The Morgan fingerprint density at radius 1 is 1.14 bits per heavy atom. The number of nitrogens with zero attached hydrogens (tertiary/aromatic N) is 1. The fourth-order valence-corrected chi connectivity index (χ4v) is 1.95. The van der Waals surface area contributed by atoms with E-state index in [4.69, 9.17) is 0 Å². The van der Waals surface area contributed by atoms with Gasteiger partial charge in [-0.3, -0.25) is 4.79 Å². The Morgan fingerprint density at radius 3 is 2.43 bits per heavy atom. The van der Waals surface area contributed by atoms with E-state index in [-0.39, 0.29) is 5.91 Å². The highest BCUT2D eigenvalue weighted by Gasteiger charge is 2.20. The van der Waals surface area contributed by atoms with E-state index in [2.05, 4.69) is 11.4 Å². The Hall–Kier alpha value is -2.60. The van der Waals surface area contributed by atoms with E-state index < -0.39 is 5.41 Å². The monoisotopic (exact) mass is 278 g/mol. The number of anilines is 1. The molecule has 0 aliphatic rings. The predicted octanol–water partition coefficient (Wildman–Crippen LogP) is 4.05. The number of carbonyl (C=O) groups excluding carboxylic acids is 1. The maximum absolute atomic E-state index is 12.3. The third-order valence-corrected chi connectivity index (χ3v) is 3.44. The molecular formula is C18H18N2O. The number of amides is 1. The van der Waals surface area contributed by atoms with Crippen LogP contribution in [0.3, 0.4) is 0 Å². The number of hydrogen-bond acceptors (Lipinski definition) is 2. The third kappa shape index (κ3) is 3.49. The van der Waals surface area contributed by atoms with Crippen molar-refractivity contribution in [2.24, 2.45) is 0 Å². The number of aryl methyl sites for hydroxylation is 1. The molecule has 21 heavy (non-hydrogen) atoms. The first kappa shape index (κ1) is 14.8. The molecule has 0 aliphatic heterocycles. The van der Waals surface area contributed by atoms with Crippen LogP contribution < -0.4 is 5.32 Å². The van der Waals surface area contributed by atoms with Gasteiger partial charge in [0.25, 0.3) is 5.91 Å². The molecular weight excluding hydrogens is 260 g/mol. The van der Waals surface area contributed by atoms with Crippen molar-refractivity contribution in [1.29, 1.82) is 5.26 Å². The van der Waals surface area contributed by atoms with Gasteiger partial charge in [0, 0.05) is 11.3 Å². The minimum atomic E-state index is -0.611. The highest BCUT2D eigenvalue weighted by molar-refractivity contribution is 6.04. The Bertz CT molecular complexity index is 694. The standard InChI is InChI=1S/C18H18N2O/c1-13-7-9-16(10-8-13)20-17(21)14-5-4-6-15(11-14)18(2,3)12-19/h4-11H,1-3H3,(H,20,21). The second-order valence-electron chi connectivity index (χ2n) is 5.64. The van der Waals surface area contributed by atoms with Crippen LogP contribution in [0.1, 0.15) is 35.3 Å². The first-order valence-corrected chi connectivity index (χ1v) is 6.82. The zero-order valence-corrected chi connectivity index (χ0v) is 12.5. The second kappa shape index (κ2) is 5.80. The number of nitriles is 1. The van der Waals surface area contributed by atoms with Crippen LogP contribution in [0.4, 0.5) is 5.69 Å². The van der Waals surface area contributed by atoms with Gasteiger partial charge in [0.1, 0.15) is 0 Å². The minimum absolute atomic E-state index is 0.172. The van der Waals surface area contributed by atoms with Gasteiger partial charge in [-0.05, 0) is 50.6 Å². The summed E-state index contributed by atoms with van der Waals surface area (Å²) in [7, 11) is 0. The molecule has 0 saturated carbocycles. The minimum Gasteiger partial charge on any atom is -0.322 e. The molecule has 0 atom stereocenters. The summed E-state index contributed by atoms with van der Waals surface area (Å²) in [5.41, 5.74) is 2.68. The van der Waals surface area contributed by atoms with Crippen molar-refractivity contribution >= 4 is 11.6 Å². The van der Waals surface area contributed by atoms with E-state index in [1.165, 1.54) is 0 Å². The number of carbonyl (C=O) groups is 1. The van der Waals surface area contributed by atoms with Crippen molar-refractivity contribution < 1.29 is 4.79 Å². The van der Waals surface area contributed by atoms with Crippen molar-refractivity contribution in [1.82, 2.24) is 0 Å².